The number of rotatable bonds is 4. The summed E-state index contributed by atoms with van der Waals surface area (Å²) in [5.41, 5.74) is 0.678. The van der Waals surface area contributed by atoms with Crippen molar-refractivity contribution in [3.63, 3.8) is 0 Å². The van der Waals surface area contributed by atoms with Crippen LogP contribution in [0.3, 0.4) is 0 Å². The quantitative estimate of drug-likeness (QED) is 0.533. The smallest absolute Gasteiger partial charge is 0.282 e. The van der Waals surface area contributed by atoms with Gasteiger partial charge in [-0.15, -0.1) is 0 Å². The Labute approximate surface area is 122 Å². The van der Waals surface area contributed by atoms with Crippen molar-refractivity contribution in [3.8, 4) is 5.75 Å². The Bertz CT molecular complexity index is 681. The predicted octanol–water partition coefficient (Wildman–Crippen LogP) is 2.93. The maximum absolute atomic E-state index is 12.4. The Balaban J connectivity index is 2.37. The van der Waals surface area contributed by atoms with Gasteiger partial charge in [0.05, 0.1) is 18.4 Å². The molecule has 5 heteroatoms. The average molecular weight is 285 g/mol. The van der Waals surface area contributed by atoms with Gasteiger partial charge >= 0.3 is 0 Å². The Morgan fingerprint density at radius 2 is 1.71 bits per heavy atom. The number of nitrogens with zero attached hydrogens (tertiary/aromatic N) is 1. The van der Waals surface area contributed by atoms with E-state index in [9.17, 15) is 14.8 Å². The number of anilines is 1. The highest BCUT2D eigenvalue weighted by atomic mass is 16.5. The first kappa shape index (κ1) is 14.7. The zero-order chi connectivity index (χ0) is 15.4. The van der Waals surface area contributed by atoms with Crippen LogP contribution in [0.5, 0.6) is 5.75 Å². The largest absolute Gasteiger partial charge is 0.497 e. The van der Waals surface area contributed by atoms with Crippen LogP contribution in [0, 0.1) is 0 Å². The molecule has 0 heterocycles. The number of ketones is 1. The molecule has 5 nitrogen and oxygen atoms in total. The van der Waals surface area contributed by atoms with Gasteiger partial charge in [0.25, 0.3) is 5.91 Å². The van der Waals surface area contributed by atoms with Crippen molar-refractivity contribution in [3.05, 3.63) is 59.7 Å². The SMILES string of the molecule is COc1cccc(N(O)C(=O)c2ccccc2C(C)=O)c1. The fourth-order valence-corrected chi connectivity index (χ4v) is 1.95. The molecule has 2 aromatic carbocycles. The Kier molecular flexibility index (Phi) is 4.35. The molecular weight excluding hydrogens is 270 g/mol. The normalized spacial score (nSPS) is 10.0. The van der Waals surface area contributed by atoms with Crippen molar-refractivity contribution in [2.24, 2.45) is 0 Å². The topological polar surface area (TPSA) is 66.8 Å². The molecule has 0 bridgehead atoms. The molecule has 0 aliphatic rings. The highest BCUT2D eigenvalue weighted by Gasteiger charge is 2.20. The minimum absolute atomic E-state index is 0.148. The van der Waals surface area contributed by atoms with Gasteiger partial charge in [0.2, 0.25) is 0 Å². The van der Waals surface area contributed by atoms with Gasteiger partial charge < -0.3 is 4.74 Å². The number of methoxy groups -OCH3 is 1. The standard InChI is InChI=1S/C16H15NO4/c1-11(18)14-8-3-4-9-15(14)16(19)17(20)12-6-5-7-13(10-12)21-2/h3-10,20H,1-2H3. The third-order valence-corrected chi connectivity index (χ3v) is 3.03. The van der Waals surface area contributed by atoms with Crippen molar-refractivity contribution in [2.75, 3.05) is 12.2 Å². The van der Waals surface area contributed by atoms with Gasteiger partial charge in [0, 0.05) is 11.6 Å². The van der Waals surface area contributed by atoms with Crippen LogP contribution in [0.2, 0.25) is 0 Å². The molecule has 1 amide bonds. The molecule has 21 heavy (non-hydrogen) atoms. The minimum Gasteiger partial charge on any atom is -0.497 e. The van der Waals surface area contributed by atoms with E-state index in [-0.39, 0.29) is 22.6 Å². The van der Waals surface area contributed by atoms with E-state index in [0.717, 1.165) is 0 Å². The summed E-state index contributed by atoms with van der Waals surface area (Å²) in [4.78, 5) is 23.9. The first-order valence-corrected chi connectivity index (χ1v) is 6.32. The van der Waals surface area contributed by atoms with Crippen molar-refractivity contribution in [2.45, 2.75) is 6.92 Å². The molecule has 0 radical (unpaired) electrons. The Morgan fingerprint density at radius 3 is 2.33 bits per heavy atom. The molecule has 0 atom stereocenters. The lowest BCUT2D eigenvalue weighted by atomic mass is 10.0. The maximum atomic E-state index is 12.4. The number of hydrogen-bond donors (Lipinski definition) is 1. The first-order valence-electron chi connectivity index (χ1n) is 6.32. The van der Waals surface area contributed by atoms with Crippen molar-refractivity contribution >= 4 is 17.4 Å². The first-order chi connectivity index (χ1) is 10.0. The van der Waals surface area contributed by atoms with Gasteiger partial charge in [-0.05, 0) is 25.1 Å². The van der Waals surface area contributed by atoms with E-state index in [2.05, 4.69) is 0 Å². The number of hydroxylamine groups is 1. The number of ether oxygens (including phenoxy) is 1. The molecule has 0 fully saturated rings. The molecule has 0 unspecified atom stereocenters. The summed E-state index contributed by atoms with van der Waals surface area (Å²) >= 11 is 0. The van der Waals surface area contributed by atoms with E-state index >= 15 is 0 Å². The summed E-state index contributed by atoms with van der Waals surface area (Å²) in [6.07, 6.45) is 0. The molecule has 2 aromatic rings. The lowest BCUT2D eigenvalue weighted by Crippen LogP contribution is -2.28. The number of hydrogen-bond acceptors (Lipinski definition) is 4. The van der Waals surface area contributed by atoms with Crippen molar-refractivity contribution in [1.29, 1.82) is 0 Å². The van der Waals surface area contributed by atoms with Gasteiger partial charge in [-0.3, -0.25) is 14.8 Å². The van der Waals surface area contributed by atoms with E-state index < -0.39 is 5.91 Å². The predicted molar refractivity (Wildman–Crippen MR) is 78.0 cm³/mol. The maximum Gasteiger partial charge on any atom is 0.282 e. The third-order valence-electron chi connectivity index (χ3n) is 3.03. The highest BCUT2D eigenvalue weighted by Crippen LogP contribution is 2.22. The van der Waals surface area contributed by atoms with Crippen molar-refractivity contribution < 1.29 is 19.5 Å². The fraction of sp³-hybridized carbons (Fsp3) is 0.125. The highest BCUT2D eigenvalue weighted by molar-refractivity contribution is 6.12. The van der Waals surface area contributed by atoms with Crippen LogP contribution in [0.4, 0.5) is 5.69 Å². The van der Waals surface area contributed by atoms with E-state index in [1.807, 2.05) is 0 Å². The molecule has 0 spiro atoms. The zero-order valence-electron chi connectivity index (χ0n) is 11.7. The fourth-order valence-electron chi connectivity index (χ4n) is 1.95. The summed E-state index contributed by atoms with van der Waals surface area (Å²) < 4.78 is 5.05. The average Bonchev–Trinajstić information content (AvgIpc) is 2.53. The second kappa shape index (κ2) is 6.19. The van der Waals surface area contributed by atoms with Crippen LogP contribution < -0.4 is 9.80 Å². The van der Waals surface area contributed by atoms with Gasteiger partial charge in [-0.25, -0.2) is 0 Å². The van der Waals surface area contributed by atoms with E-state index in [1.165, 1.54) is 26.2 Å². The lowest BCUT2D eigenvalue weighted by molar-refractivity contribution is 0.0848. The van der Waals surface area contributed by atoms with Crippen LogP contribution in [0.15, 0.2) is 48.5 Å². The molecule has 0 saturated carbocycles. The molecular formula is C16H15NO4. The molecule has 2 rings (SSSR count). The van der Waals surface area contributed by atoms with Gasteiger partial charge in [-0.1, -0.05) is 24.3 Å². The molecule has 0 aliphatic carbocycles. The van der Waals surface area contributed by atoms with Crippen molar-refractivity contribution in [1.82, 2.24) is 0 Å². The number of amides is 1. The second-order valence-electron chi connectivity index (χ2n) is 4.42. The van der Waals surface area contributed by atoms with Crippen LogP contribution in [0.25, 0.3) is 0 Å². The van der Waals surface area contributed by atoms with Gasteiger partial charge in [-0.2, -0.15) is 5.06 Å². The summed E-state index contributed by atoms with van der Waals surface area (Å²) in [5, 5.41) is 10.6. The van der Waals surface area contributed by atoms with Crippen LogP contribution in [-0.4, -0.2) is 24.0 Å². The number of carbonyl (C=O) groups excluding carboxylic acids is 2. The second-order valence-corrected chi connectivity index (χ2v) is 4.42. The molecule has 0 aromatic heterocycles. The van der Waals surface area contributed by atoms with E-state index in [1.54, 1.807) is 36.4 Å². The molecule has 1 N–H and O–H groups in total. The van der Waals surface area contributed by atoms with E-state index in [0.29, 0.717) is 10.8 Å². The Morgan fingerprint density at radius 1 is 1.05 bits per heavy atom. The third kappa shape index (κ3) is 3.09. The lowest BCUT2D eigenvalue weighted by Gasteiger charge is -2.17. The molecule has 0 saturated heterocycles. The van der Waals surface area contributed by atoms with Crippen LogP contribution >= 0.6 is 0 Å². The monoisotopic (exact) mass is 285 g/mol. The van der Waals surface area contributed by atoms with Gasteiger partial charge in [0.15, 0.2) is 5.78 Å². The van der Waals surface area contributed by atoms with Crippen LogP contribution in [0.1, 0.15) is 27.6 Å². The summed E-state index contributed by atoms with van der Waals surface area (Å²) in [6.45, 7) is 1.37. The molecule has 108 valence electrons. The number of carbonyl (C=O) groups is 2. The number of benzene rings is 2. The number of Topliss-reactive ketones (excluding diaryl/α,β-unsaturated/α-hetero) is 1. The molecule has 0 aliphatic heterocycles. The summed E-state index contributed by atoms with van der Waals surface area (Å²) in [6, 6.07) is 12.8. The van der Waals surface area contributed by atoms with Gasteiger partial charge in [0.1, 0.15) is 5.75 Å². The Hall–Kier alpha value is -2.66. The summed E-state index contributed by atoms with van der Waals surface area (Å²) in [5.74, 6) is -0.397. The summed E-state index contributed by atoms with van der Waals surface area (Å²) in [7, 11) is 1.49. The minimum atomic E-state index is -0.672. The van der Waals surface area contributed by atoms with Crippen LogP contribution in [-0.2, 0) is 0 Å². The zero-order valence-corrected chi connectivity index (χ0v) is 11.7. The van der Waals surface area contributed by atoms with E-state index in [4.69, 9.17) is 4.74 Å².